The molecule has 0 saturated heterocycles. The highest BCUT2D eigenvalue weighted by Crippen LogP contribution is 2.20. The molecule has 0 radical (unpaired) electrons. The van der Waals surface area contributed by atoms with Gasteiger partial charge in [-0.25, -0.2) is 0 Å². The summed E-state index contributed by atoms with van der Waals surface area (Å²) in [7, 11) is 3.31. The molecule has 0 aliphatic carbocycles. The predicted octanol–water partition coefficient (Wildman–Crippen LogP) is 3.38. The number of hydrogen-bond donors (Lipinski definition) is 1. The van der Waals surface area contributed by atoms with E-state index in [1.54, 1.807) is 62.8 Å². The lowest BCUT2D eigenvalue weighted by atomic mass is 10.2. The zero-order valence-corrected chi connectivity index (χ0v) is 16.9. The fourth-order valence-corrected chi connectivity index (χ4v) is 2.51. The number of rotatable bonds is 8. The first-order chi connectivity index (χ1) is 14.5. The predicted molar refractivity (Wildman–Crippen MR) is 114 cm³/mol. The van der Waals surface area contributed by atoms with Crippen LogP contribution in [-0.4, -0.2) is 42.4 Å². The van der Waals surface area contributed by atoms with E-state index in [1.807, 2.05) is 24.3 Å². The molecule has 3 aromatic rings. The number of carbonyl (C=O) groups excluding carboxylic acids is 2. The number of ether oxygens (including phenoxy) is 2. The minimum absolute atomic E-state index is 0.0896. The molecule has 7 heteroatoms. The van der Waals surface area contributed by atoms with Crippen LogP contribution in [-0.2, 0) is 11.4 Å². The Bertz CT molecular complexity index is 1010. The van der Waals surface area contributed by atoms with E-state index in [0.717, 1.165) is 5.69 Å². The molecule has 0 fully saturated rings. The van der Waals surface area contributed by atoms with Crippen molar-refractivity contribution < 1.29 is 19.1 Å². The molecule has 30 heavy (non-hydrogen) atoms. The zero-order valence-electron chi connectivity index (χ0n) is 16.9. The first-order valence-corrected chi connectivity index (χ1v) is 9.38. The van der Waals surface area contributed by atoms with Gasteiger partial charge in [-0.2, -0.15) is 0 Å². The molecule has 0 aliphatic rings. The third-order valence-corrected chi connectivity index (χ3v) is 4.16. The first kappa shape index (κ1) is 20.9. The molecular weight excluding hydrogens is 382 g/mol. The summed E-state index contributed by atoms with van der Waals surface area (Å²) in [4.78, 5) is 29.9. The van der Waals surface area contributed by atoms with Crippen LogP contribution in [0.15, 0.2) is 72.9 Å². The number of nitrogens with zero attached hydrogens (tertiary/aromatic N) is 2. The summed E-state index contributed by atoms with van der Waals surface area (Å²) in [6.07, 6.45) is 1.71. The van der Waals surface area contributed by atoms with Gasteiger partial charge in [-0.1, -0.05) is 18.2 Å². The molecule has 1 aromatic heterocycles. The third-order valence-electron chi connectivity index (χ3n) is 4.16. The van der Waals surface area contributed by atoms with E-state index in [1.165, 1.54) is 4.90 Å². The number of hydrogen-bond acceptors (Lipinski definition) is 5. The van der Waals surface area contributed by atoms with Crippen molar-refractivity contribution in [2.75, 3.05) is 26.0 Å². The summed E-state index contributed by atoms with van der Waals surface area (Å²) in [5, 5.41) is 2.84. The number of carbonyl (C=O) groups is 2. The number of likely N-dealkylation sites (N-methyl/N-ethyl adjacent to an activating group) is 1. The van der Waals surface area contributed by atoms with Gasteiger partial charge in [0.15, 0.2) is 6.61 Å². The second kappa shape index (κ2) is 10.1. The number of anilines is 1. The Kier molecular flexibility index (Phi) is 7.00. The fourth-order valence-electron chi connectivity index (χ4n) is 2.51. The molecule has 1 heterocycles. The topological polar surface area (TPSA) is 80.8 Å². The quantitative estimate of drug-likeness (QED) is 0.621. The molecule has 0 spiro atoms. The summed E-state index contributed by atoms with van der Waals surface area (Å²) in [6.45, 7) is 0.247. The first-order valence-electron chi connectivity index (χ1n) is 9.38. The van der Waals surface area contributed by atoms with Crippen LogP contribution >= 0.6 is 0 Å². The highest BCUT2D eigenvalue weighted by molar-refractivity contribution is 6.04. The number of aromatic nitrogens is 1. The number of nitrogens with one attached hydrogen (secondary N) is 1. The van der Waals surface area contributed by atoms with Crippen molar-refractivity contribution in [2.24, 2.45) is 0 Å². The molecule has 0 bridgehead atoms. The van der Waals surface area contributed by atoms with Crippen molar-refractivity contribution in [3.8, 4) is 11.5 Å². The SMILES string of the molecule is CN(C)C(=O)COc1cccc(C(=O)Nc2cccc(OCc3ccccn3)c2)c1. The van der Waals surface area contributed by atoms with Gasteiger partial charge in [-0.15, -0.1) is 0 Å². The van der Waals surface area contributed by atoms with Gasteiger partial charge in [0.25, 0.3) is 11.8 Å². The maximum atomic E-state index is 12.6. The normalized spacial score (nSPS) is 10.2. The second-order valence-electron chi connectivity index (χ2n) is 6.70. The van der Waals surface area contributed by atoms with Crippen LogP contribution < -0.4 is 14.8 Å². The van der Waals surface area contributed by atoms with E-state index in [9.17, 15) is 9.59 Å². The maximum absolute atomic E-state index is 12.6. The number of amides is 2. The summed E-state index contributed by atoms with van der Waals surface area (Å²) in [6, 6.07) is 19.5. The van der Waals surface area contributed by atoms with Crippen LogP contribution in [0.1, 0.15) is 16.1 Å². The van der Waals surface area contributed by atoms with E-state index >= 15 is 0 Å². The maximum Gasteiger partial charge on any atom is 0.259 e. The summed E-state index contributed by atoms with van der Waals surface area (Å²) in [5.41, 5.74) is 1.84. The molecule has 3 rings (SSSR count). The standard InChI is InChI=1S/C23H23N3O4/c1-26(2)22(27)16-30-20-10-5-7-17(13-20)23(28)25-18-9-6-11-21(14-18)29-15-19-8-3-4-12-24-19/h3-14H,15-16H2,1-2H3,(H,25,28). The van der Waals surface area contributed by atoms with Crippen LogP contribution in [0.5, 0.6) is 11.5 Å². The lowest BCUT2D eigenvalue weighted by Gasteiger charge is -2.12. The Labute approximate surface area is 175 Å². The summed E-state index contributed by atoms with van der Waals surface area (Å²) < 4.78 is 11.2. The highest BCUT2D eigenvalue weighted by Gasteiger charge is 2.10. The van der Waals surface area contributed by atoms with Gasteiger partial charge >= 0.3 is 0 Å². The highest BCUT2D eigenvalue weighted by atomic mass is 16.5. The van der Waals surface area contributed by atoms with E-state index in [0.29, 0.717) is 29.4 Å². The Morgan fingerprint density at radius 3 is 2.43 bits per heavy atom. The zero-order chi connectivity index (χ0) is 21.3. The van der Waals surface area contributed by atoms with Gasteiger partial charge in [-0.05, 0) is 42.5 Å². The lowest BCUT2D eigenvalue weighted by Crippen LogP contribution is -2.27. The molecule has 2 amide bonds. The molecular formula is C23H23N3O4. The molecule has 0 unspecified atom stereocenters. The minimum atomic E-state index is -0.290. The fraction of sp³-hybridized carbons (Fsp3) is 0.174. The van der Waals surface area contributed by atoms with Crippen molar-refractivity contribution >= 4 is 17.5 Å². The molecule has 1 N–H and O–H groups in total. The van der Waals surface area contributed by atoms with Gasteiger partial charge in [0.2, 0.25) is 0 Å². The van der Waals surface area contributed by atoms with Crippen LogP contribution in [0.4, 0.5) is 5.69 Å². The van der Waals surface area contributed by atoms with Crippen molar-refractivity contribution in [1.82, 2.24) is 9.88 Å². The van der Waals surface area contributed by atoms with E-state index < -0.39 is 0 Å². The number of benzene rings is 2. The third kappa shape index (κ3) is 6.07. The average molecular weight is 405 g/mol. The molecule has 7 nitrogen and oxygen atoms in total. The van der Waals surface area contributed by atoms with Crippen LogP contribution in [0, 0.1) is 0 Å². The van der Waals surface area contributed by atoms with Crippen molar-refractivity contribution in [2.45, 2.75) is 6.61 Å². The monoisotopic (exact) mass is 405 g/mol. The van der Waals surface area contributed by atoms with Gasteiger partial charge in [-0.3, -0.25) is 14.6 Å². The van der Waals surface area contributed by atoms with Crippen molar-refractivity contribution in [1.29, 1.82) is 0 Å². The molecule has 154 valence electrons. The average Bonchev–Trinajstić information content (AvgIpc) is 2.77. The van der Waals surface area contributed by atoms with Crippen LogP contribution in [0.2, 0.25) is 0 Å². The summed E-state index contributed by atoms with van der Waals surface area (Å²) in [5.74, 6) is 0.622. The smallest absolute Gasteiger partial charge is 0.259 e. The van der Waals surface area contributed by atoms with Gasteiger partial charge in [0, 0.05) is 37.6 Å². The molecule has 0 aliphatic heterocycles. The summed E-state index contributed by atoms with van der Waals surface area (Å²) >= 11 is 0. The second-order valence-corrected chi connectivity index (χ2v) is 6.70. The van der Waals surface area contributed by atoms with Crippen molar-refractivity contribution in [3.63, 3.8) is 0 Å². The Hall–Kier alpha value is -3.87. The Morgan fingerprint density at radius 2 is 1.70 bits per heavy atom. The van der Waals surface area contributed by atoms with Crippen LogP contribution in [0.25, 0.3) is 0 Å². The molecule has 0 atom stereocenters. The van der Waals surface area contributed by atoms with E-state index in [-0.39, 0.29) is 18.4 Å². The van der Waals surface area contributed by atoms with Crippen molar-refractivity contribution in [3.05, 3.63) is 84.2 Å². The molecule has 0 saturated carbocycles. The molecule has 2 aromatic carbocycles. The Morgan fingerprint density at radius 1 is 0.933 bits per heavy atom. The van der Waals surface area contributed by atoms with E-state index in [4.69, 9.17) is 9.47 Å². The Balaban J connectivity index is 1.60. The lowest BCUT2D eigenvalue weighted by molar-refractivity contribution is -0.130. The number of pyridine rings is 1. The van der Waals surface area contributed by atoms with Gasteiger partial charge in [0.1, 0.15) is 18.1 Å². The minimum Gasteiger partial charge on any atom is -0.487 e. The van der Waals surface area contributed by atoms with Gasteiger partial charge in [0.05, 0.1) is 5.69 Å². The van der Waals surface area contributed by atoms with E-state index in [2.05, 4.69) is 10.3 Å². The largest absolute Gasteiger partial charge is 0.487 e. The van der Waals surface area contributed by atoms with Gasteiger partial charge < -0.3 is 19.7 Å². The van der Waals surface area contributed by atoms with Crippen LogP contribution in [0.3, 0.4) is 0 Å².